The summed E-state index contributed by atoms with van der Waals surface area (Å²) < 4.78 is 0. The molecule has 78 valence electrons. The number of unbranched alkanes of at least 4 members (excludes halogenated alkanes) is 1. The lowest BCUT2D eigenvalue weighted by Gasteiger charge is -2.15. The number of carbonyl (C=O) groups is 1. The molecule has 0 aromatic carbocycles. The fraction of sp³-hybridized carbons (Fsp3) is 0.900. The molecule has 0 aliphatic carbocycles. The quantitative estimate of drug-likeness (QED) is 0.614. The highest BCUT2D eigenvalue weighted by Gasteiger charge is 2.11. The third-order valence-electron chi connectivity index (χ3n) is 1.81. The molecular formula is C10H22N2O. The molecule has 0 aliphatic heterocycles. The Morgan fingerprint density at radius 1 is 1.31 bits per heavy atom. The fourth-order valence-corrected chi connectivity index (χ4v) is 0.998. The molecule has 2 N–H and O–H groups in total. The van der Waals surface area contributed by atoms with Crippen molar-refractivity contribution in [1.82, 2.24) is 10.6 Å². The van der Waals surface area contributed by atoms with Crippen LogP contribution in [0.1, 0.15) is 40.5 Å². The van der Waals surface area contributed by atoms with Gasteiger partial charge < -0.3 is 10.6 Å². The normalized spacial score (nSPS) is 13.0. The number of hydrogen-bond acceptors (Lipinski definition) is 2. The van der Waals surface area contributed by atoms with Crippen LogP contribution in [0.3, 0.4) is 0 Å². The van der Waals surface area contributed by atoms with Crippen molar-refractivity contribution < 1.29 is 4.79 Å². The van der Waals surface area contributed by atoms with Gasteiger partial charge in [0.15, 0.2) is 0 Å². The van der Waals surface area contributed by atoms with E-state index < -0.39 is 0 Å². The van der Waals surface area contributed by atoms with Gasteiger partial charge in [0.1, 0.15) is 0 Å². The summed E-state index contributed by atoms with van der Waals surface area (Å²) in [5, 5.41) is 6.04. The van der Waals surface area contributed by atoms with E-state index in [-0.39, 0.29) is 18.0 Å². The van der Waals surface area contributed by atoms with Crippen LogP contribution in [0.5, 0.6) is 0 Å². The predicted octanol–water partition coefficient (Wildman–Crippen LogP) is 1.29. The first kappa shape index (κ1) is 12.4. The lowest BCUT2D eigenvalue weighted by Crippen LogP contribution is -2.44. The Morgan fingerprint density at radius 2 is 1.92 bits per heavy atom. The zero-order valence-corrected chi connectivity index (χ0v) is 9.18. The summed E-state index contributed by atoms with van der Waals surface area (Å²) in [6.07, 6.45) is 2.28. The summed E-state index contributed by atoms with van der Waals surface area (Å²) in [5.41, 5.74) is 0. The van der Waals surface area contributed by atoms with Gasteiger partial charge in [-0.25, -0.2) is 0 Å². The minimum Gasteiger partial charge on any atom is -0.353 e. The SMILES string of the molecule is CCCCNC(C)C(=O)NC(C)C. The van der Waals surface area contributed by atoms with E-state index in [1.165, 1.54) is 0 Å². The molecule has 13 heavy (non-hydrogen) atoms. The molecule has 0 saturated heterocycles. The van der Waals surface area contributed by atoms with Gasteiger partial charge in [-0.15, -0.1) is 0 Å². The second-order valence-corrected chi connectivity index (χ2v) is 3.69. The van der Waals surface area contributed by atoms with Gasteiger partial charge in [0.2, 0.25) is 5.91 Å². The minimum absolute atomic E-state index is 0.0750. The summed E-state index contributed by atoms with van der Waals surface area (Å²) in [4.78, 5) is 11.4. The van der Waals surface area contributed by atoms with E-state index in [2.05, 4.69) is 17.6 Å². The maximum absolute atomic E-state index is 11.4. The van der Waals surface area contributed by atoms with Gasteiger partial charge in [0.25, 0.3) is 0 Å². The molecule has 0 aromatic heterocycles. The van der Waals surface area contributed by atoms with E-state index in [0.29, 0.717) is 0 Å². The molecule has 0 aliphatic rings. The highest BCUT2D eigenvalue weighted by molar-refractivity contribution is 5.81. The number of hydrogen-bond donors (Lipinski definition) is 2. The lowest BCUT2D eigenvalue weighted by molar-refractivity contribution is -0.123. The van der Waals surface area contributed by atoms with Crippen LogP contribution in [0.15, 0.2) is 0 Å². The summed E-state index contributed by atoms with van der Waals surface area (Å²) in [6, 6.07) is 0.150. The van der Waals surface area contributed by atoms with Gasteiger partial charge in [0, 0.05) is 6.04 Å². The van der Waals surface area contributed by atoms with E-state index in [4.69, 9.17) is 0 Å². The first-order valence-corrected chi connectivity index (χ1v) is 5.11. The van der Waals surface area contributed by atoms with Crippen molar-refractivity contribution in [3.63, 3.8) is 0 Å². The molecule has 1 amide bonds. The van der Waals surface area contributed by atoms with Crippen LogP contribution >= 0.6 is 0 Å². The van der Waals surface area contributed by atoms with Crippen molar-refractivity contribution in [2.75, 3.05) is 6.54 Å². The summed E-state index contributed by atoms with van der Waals surface area (Å²) >= 11 is 0. The van der Waals surface area contributed by atoms with E-state index in [1.54, 1.807) is 0 Å². The molecule has 3 heteroatoms. The van der Waals surface area contributed by atoms with Gasteiger partial charge in [0.05, 0.1) is 6.04 Å². The van der Waals surface area contributed by atoms with Crippen LogP contribution in [0.2, 0.25) is 0 Å². The highest BCUT2D eigenvalue weighted by atomic mass is 16.2. The van der Waals surface area contributed by atoms with Gasteiger partial charge in [-0.05, 0) is 33.7 Å². The third-order valence-corrected chi connectivity index (χ3v) is 1.81. The van der Waals surface area contributed by atoms with Crippen LogP contribution in [0, 0.1) is 0 Å². The molecule has 0 spiro atoms. The summed E-state index contributed by atoms with van der Waals surface area (Å²) in [7, 11) is 0. The van der Waals surface area contributed by atoms with Crippen molar-refractivity contribution in [1.29, 1.82) is 0 Å². The second kappa shape index (κ2) is 6.89. The second-order valence-electron chi connectivity index (χ2n) is 3.69. The van der Waals surface area contributed by atoms with Crippen molar-refractivity contribution in [3.8, 4) is 0 Å². The number of carbonyl (C=O) groups excluding carboxylic acids is 1. The topological polar surface area (TPSA) is 41.1 Å². The van der Waals surface area contributed by atoms with Gasteiger partial charge >= 0.3 is 0 Å². The molecule has 1 unspecified atom stereocenters. The van der Waals surface area contributed by atoms with Gasteiger partial charge in [-0.3, -0.25) is 4.79 Å². The molecule has 0 fully saturated rings. The number of rotatable bonds is 6. The zero-order chi connectivity index (χ0) is 10.3. The van der Waals surface area contributed by atoms with Crippen LogP contribution < -0.4 is 10.6 Å². The molecule has 0 bridgehead atoms. The van der Waals surface area contributed by atoms with Crippen LogP contribution in [-0.2, 0) is 4.79 Å². The van der Waals surface area contributed by atoms with E-state index in [0.717, 1.165) is 19.4 Å². The first-order valence-electron chi connectivity index (χ1n) is 5.11. The Morgan fingerprint density at radius 3 is 2.38 bits per heavy atom. The Bertz CT molecular complexity index is 146. The Labute approximate surface area is 81.3 Å². The smallest absolute Gasteiger partial charge is 0.237 e. The molecular weight excluding hydrogens is 164 g/mol. The lowest BCUT2D eigenvalue weighted by atomic mass is 10.2. The van der Waals surface area contributed by atoms with Crippen molar-refractivity contribution in [2.45, 2.75) is 52.6 Å². The number of amides is 1. The van der Waals surface area contributed by atoms with Gasteiger partial charge in [-0.1, -0.05) is 13.3 Å². The molecule has 1 atom stereocenters. The largest absolute Gasteiger partial charge is 0.353 e. The monoisotopic (exact) mass is 186 g/mol. The van der Waals surface area contributed by atoms with Crippen LogP contribution in [0.4, 0.5) is 0 Å². The van der Waals surface area contributed by atoms with Crippen LogP contribution in [0.25, 0.3) is 0 Å². The fourth-order valence-electron chi connectivity index (χ4n) is 0.998. The summed E-state index contributed by atoms with van der Waals surface area (Å²) in [6.45, 7) is 8.89. The van der Waals surface area contributed by atoms with E-state index in [1.807, 2.05) is 20.8 Å². The van der Waals surface area contributed by atoms with Gasteiger partial charge in [-0.2, -0.15) is 0 Å². The standard InChI is InChI=1S/C10H22N2O/c1-5-6-7-11-9(4)10(13)12-8(2)3/h8-9,11H,5-7H2,1-4H3,(H,12,13). The van der Waals surface area contributed by atoms with E-state index >= 15 is 0 Å². The maximum atomic E-state index is 11.4. The molecule has 0 aromatic rings. The Balaban J connectivity index is 3.57. The molecule has 0 radical (unpaired) electrons. The predicted molar refractivity (Wildman–Crippen MR) is 55.7 cm³/mol. The molecule has 0 rings (SSSR count). The maximum Gasteiger partial charge on any atom is 0.237 e. The minimum atomic E-state index is -0.0750. The zero-order valence-electron chi connectivity index (χ0n) is 9.18. The highest BCUT2D eigenvalue weighted by Crippen LogP contribution is 1.88. The molecule has 3 nitrogen and oxygen atoms in total. The van der Waals surface area contributed by atoms with Crippen molar-refractivity contribution in [3.05, 3.63) is 0 Å². The van der Waals surface area contributed by atoms with E-state index in [9.17, 15) is 4.79 Å². The Hall–Kier alpha value is -0.570. The molecule has 0 saturated carbocycles. The average Bonchev–Trinajstić information content (AvgIpc) is 2.03. The first-order chi connectivity index (χ1) is 6.07. The average molecular weight is 186 g/mol. The third kappa shape index (κ3) is 6.58. The van der Waals surface area contributed by atoms with Crippen LogP contribution in [-0.4, -0.2) is 24.5 Å². The molecule has 0 heterocycles. The number of nitrogens with one attached hydrogen (secondary N) is 2. The van der Waals surface area contributed by atoms with Crippen molar-refractivity contribution in [2.24, 2.45) is 0 Å². The van der Waals surface area contributed by atoms with Crippen molar-refractivity contribution >= 4 is 5.91 Å². The Kier molecular flexibility index (Phi) is 6.59. The summed E-state index contributed by atoms with van der Waals surface area (Å²) in [5.74, 6) is 0.0890.